The number of benzene rings is 1. The molecule has 3 aromatic rings. The van der Waals surface area contributed by atoms with E-state index >= 15 is 0 Å². The Morgan fingerprint density at radius 3 is 2.75 bits per heavy atom. The highest BCUT2D eigenvalue weighted by molar-refractivity contribution is 7.15. The molecule has 0 aliphatic rings. The number of fused-ring (bicyclic) bond motifs is 1. The van der Waals surface area contributed by atoms with Crippen molar-refractivity contribution >= 4 is 57.6 Å². The monoisotopic (exact) mass is 360 g/mol. The van der Waals surface area contributed by atoms with Gasteiger partial charge in [-0.15, -0.1) is 11.3 Å². The van der Waals surface area contributed by atoms with E-state index in [2.05, 4.69) is 4.98 Å². The number of hydrogen-bond donors (Lipinski definition) is 1. The molecule has 0 fully saturated rings. The van der Waals surface area contributed by atoms with Crippen LogP contribution in [0.1, 0.15) is 20.1 Å². The van der Waals surface area contributed by atoms with Gasteiger partial charge in [-0.05, 0) is 35.9 Å². The number of pyridine rings is 1. The van der Waals surface area contributed by atoms with Crippen LogP contribution in [0.25, 0.3) is 23.1 Å². The van der Waals surface area contributed by atoms with Gasteiger partial charge in [0.05, 0.1) is 10.4 Å². The summed E-state index contributed by atoms with van der Waals surface area (Å²) in [5.41, 5.74) is 1.34. The molecule has 1 N–H and O–H groups in total. The van der Waals surface area contributed by atoms with Gasteiger partial charge in [-0.3, -0.25) is 10.1 Å². The third kappa shape index (κ3) is 3.27. The zero-order valence-electron chi connectivity index (χ0n) is 12.0. The summed E-state index contributed by atoms with van der Waals surface area (Å²) in [5.74, 6) is -1.18. The maximum Gasteiger partial charge on any atom is 0.346 e. The number of carbonyl (C=O) groups is 1. The lowest BCUT2D eigenvalue weighted by molar-refractivity contribution is -0.384. The van der Waals surface area contributed by atoms with Gasteiger partial charge in [0.15, 0.2) is 0 Å². The van der Waals surface area contributed by atoms with Crippen LogP contribution in [-0.4, -0.2) is 21.0 Å². The van der Waals surface area contributed by atoms with Crippen LogP contribution in [0.2, 0.25) is 5.15 Å². The predicted octanol–water partition coefficient (Wildman–Crippen LogP) is 4.73. The minimum absolute atomic E-state index is 0.0706. The minimum Gasteiger partial charge on any atom is -0.477 e. The molecule has 0 unspecified atom stereocenters. The smallest absolute Gasteiger partial charge is 0.346 e. The lowest BCUT2D eigenvalue weighted by Crippen LogP contribution is -1.91. The fourth-order valence-electron chi connectivity index (χ4n) is 2.16. The van der Waals surface area contributed by atoms with Crippen molar-refractivity contribution in [3.63, 3.8) is 0 Å². The van der Waals surface area contributed by atoms with Crippen molar-refractivity contribution in [3.05, 3.63) is 67.0 Å². The molecular weight excluding hydrogens is 352 g/mol. The topological polar surface area (TPSA) is 93.3 Å². The summed E-state index contributed by atoms with van der Waals surface area (Å²) < 4.78 is 0. The summed E-state index contributed by atoms with van der Waals surface area (Å²) in [5, 5.41) is 21.3. The van der Waals surface area contributed by atoms with E-state index in [-0.39, 0.29) is 15.4 Å². The van der Waals surface area contributed by atoms with Crippen LogP contribution in [0, 0.1) is 10.1 Å². The Morgan fingerprint density at radius 1 is 1.25 bits per heavy atom. The first-order chi connectivity index (χ1) is 11.4. The average molecular weight is 361 g/mol. The van der Waals surface area contributed by atoms with E-state index in [0.717, 1.165) is 33.9 Å². The number of nitro groups is 1. The Bertz CT molecular complexity index is 997. The van der Waals surface area contributed by atoms with E-state index in [1.165, 1.54) is 0 Å². The normalized spacial score (nSPS) is 11.2. The molecular formula is C16H9ClN2O4S. The number of nitrogens with zero attached hydrogens (tertiary/aromatic N) is 2. The maximum absolute atomic E-state index is 11.0. The number of halogens is 1. The fourth-order valence-corrected chi connectivity index (χ4v) is 3.18. The van der Waals surface area contributed by atoms with Crippen LogP contribution in [-0.2, 0) is 0 Å². The Morgan fingerprint density at radius 2 is 2.04 bits per heavy atom. The van der Waals surface area contributed by atoms with Crippen LogP contribution in [0.4, 0.5) is 5.69 Å². The molecule has 0 amide bonds. The summed E-state index contributed by atoms with van der Waals surface area (Å²) in [7, 11) is 0. The highest BCUT2D eigenvalue weighted by Crippen LogP contribution is 2.31. The van der Waals surface area contributed by atoms with E-state index in [9.17, 15) is 14.9 Å². The largest absolute Gasteiger partial charge is 0.477 e. The van der Waals surface area contributed by atoms with Gasteiger partial charge in [0, 0.05) is 11.5 Å². The molecule has 1 aromatic carbocycles. The highest BCUT2D eigenvalue weighted by Gasteiger charge is 2.20. The van der Waals surface area contributed by atoms with E-state index in [1.54, 1.807) is 30.4 Å². The number of carboxylic acids is 1. The molecule has 0 aliphatic carbocycles. The zero-order chi connectivity index (χ0) is 17.3. The second-order valence-corrected chi connectivity index (χ2v) is 6.31. The summed E-state index contributed by atoms with van der Waals surface area (Å²) in [6.07, 6.45) is 3.23. The zero-order valence-corrected chi connectivity index (χ0v) is 13.5. The molecule has 8 heteroatoms. The quantitative estimate of drug-likeness (QED) is 0.412. The van der Waals surface area contributed by atoms with Gasteiger partial charge in [-0.2, -0.15) is 0 Å². The van der Waals surface area contributed by atoms with Crippen LogP contribution in [0.3, 0.4) is 0 Å². The Hall–Kier alpha value is -2.77. The number of aromatic carboxylic acids is 1. The lowest BCUT2D eigenvalue weighted by Gasteiger charge is -1.99. The Labute approximate surface area is 144 Å². The molecule has 2 heterocycles. The summed E-state index contributed by atoms with van der Waals surface area (Å²) in [6, 6.07) is 10.1. The first kappa shape index (κ1) is 16.1. The highest BCUT2D eigenvalue weighted by atomic mass is 35.5. The van der Waals surface area contributed by atoms with E-state index in [0.29, 0.717) is 5.15 Å². The van der Waals surface area contributed by atoms with Gasteiger partial charge < -0.3 is 5.11 Å². The fraction of sp³-hybridized carbons (Fsp3) is 0. The van der Waals surface area contributed by atoms with Gasteiger partial charge in [0.25, 0.3) is 5.69 Å². The van der Waals surface area contributed by atoms with Crippen molar-refractivity contribution in [3.8, 4) is 0 Å². The summed E-state index contributed by atoms with van der Waals surface area (Å²) in [4.78, 5) is 25.8. The third-order valence-electron chi connectivity index (χ3n) is 3.25. The predicted molar refractivity (Wildman–Crippen MR) is 93.6 cm³/mol. The van der Waals surface area contributed by atoms with Crippen molar-refractivity contribution in [2.45, 2.75) is 0 Å². The Kier molecular flexibility index (Phi) is 4.28. The van der Waals surface area contributed by atoms with Gasteiger partial charge in [0.2, 0.25) is 0 Å². The number of carboxylic acid groups (broad SMARTS) is 1. The Balaban J connectivity index is 1.97. The molecule has 24 heavy (non-hydrogen) atoms. The molecule has 0 aliphatic heterocycles. The molecule has 2 aromatic heterocycles. The number of aromatic nitrogens is 1. The first-order valence-electron chi connectivity index (χ1n) is 6.70. The van der Waals surface area contributed by atoms with Crippen molar-refractivity contribution in [2.75, 3.05) is 0 Å². The first-order valence-corrected chi connectivity index (χ1v) is 7.89. The van der Waals surface area contributed by atoms with Crippen LogP contribution in [0.5, 0.6) is 0 Å². The van der Waals surface area contributed by atoms with Gasteiger partial charge in [0.1, 0.15) is 14.9 Å². The summed E-state index contributed by atoms with van der Waals surface area (Å²) >= 11 is 6.70. The molecule has 0 radical (unpaired) electrons. The van der Waals surface area contributed by atoms with Crippen LogP contribution in [0.15, 0.2) is 36.4 Å². The van der Waals surface area contributed by atoms with Gasteiger partial charge >= 0.3 is 5.97 Å². The SMILES string of the molecule is O=C(O)c1cc([N+](=O)[O-])c(/C=C/c2ccc3nc(Cl)ccc3c2)s1. The second-order valence-electron chi connectivity index (χ2n) is 4.84. The van der Waals surface area contributed by atoms with Gasteiger partial charge in [-0.1, -0.05) is 23.7 Å². The maximum atomic E-state index is 11.0. The third-order valence-corrected chi connectivity index (χ3v) is 4.54. The molecule has 0 spiro atoms. The number of hydrogen-bond acceptors (Lipinski definition) is 5. The van der Waals surface area contributed by atoms with Crippen molar-refractivity contribution in [1.82, 2.24) is 4.98 Å². The number of rotatable bonds is 4. The van der Waals surface area contributed by atoms with Crippen molar-refractivity contribution in [2.24, 2.45) is 0 Å². The van der Waals surface area contributed by atoms with E-state index in [1.807, 2.05) is 12.1 Å². The van der Waals surface area contributed by atoms with Crippen LogP contribution >= 0.6 is 22.9 Å². The van der Waals surface area contributed by atoms with E-state index in [4.69, 9.17) is 16.7 Å². The molecule has 0 bridgehead atoms. The number of thiophene rings is 1. The molecule has 6 nitrogen and oxygen atoms in total. The van der Waals surface area contributed by atoms with Crippen LogP contribution < -0.4 is 0 Å². The molecule has 0 atom stereocenters. The lowest BCUT2D eigenvalue weighted by atomic mass is 10.1. The van der Waals surface area contributed by atoms with Gasteiger partial charge in [-0.25, -0.2) is 9.78 Å². The minimum atomic E-state index is -1.18. The molecule has 0 saturated heterocycles. The average Bonchev–Trinajstić information content (AvgIpc) is 2.97. The van der Waals surface area contributed by atoms with Crippen molar-refractivity contribution < 1.29 is 14.8 Å². The molecule has 0 saturated carbocycles. The summed E-state index contributed by atoms with van der Waals surface area (Å²) in [6.45, 7) is 0. The second kappa shape index (κ2) is 6.38. The standard InChI is InChI=1S/C16H9ClN2O4S/c17-15-6-3-10-7-9(1-4-11(10)18-15)2-5-13-12(19(22)23)8-14(24-13)16(20)21/h1-8H,(H,20,21)/b5-2+. The molecule has 120 valence electrons. The molecule has 3 rings (SSSR count). The van der Waals surface area contributed by atoms with Crippen molar-refractivity contribution in [1.29, 1.82) is 0 Å². The van der Waals surface area contributed by atoms with E-state index < -0.39 is 10.9 Å².